The molecule has 2 aliphatic heterocycles. The number of amides is 1. The van der Waals surface area contributed by atoms with Crippen LogP contribution in [0.1, 0.15) is 5.56 Å². The molecule has 1 fully saturated rings. The van der Waals surface area contributed by atoms with Crippen molar-refractivity contribution in [2.75, 3.05) is 26.2 Å². The summed E-state index contributed by atoms with van der Waals surface area (Å²) < 4.78 is 5.63. The third-order valence-electron chi connectivity index (χ3n) is 3.73. The second kappa shape index (κ2) is 6.66. The Hall–Kier alpha value is -0.970. The first-order valence-electron chi connectivity index (χ1n) is 6.62. The lowest BCUT2D eigenvalue weighted by molar-refractivity contribution is -0.126. The number of hydrogen-bond donors (Lipinski definition) is 2. The number of carbonyl (C=O) groups is 1. The van der Waals surface area contributed by atoms with E-state index in [-0.39, 0.29) is 24.2 Å². The lowest BCUT2D eigenvalue weighted by Crippen LogP contribution is -2.49. The van der Waals surface area contributed by atoms with Gasteiger partial charge in [-0.25, -0.2) is 0 Å². The van der Waals surface area contributed by atoms with Crippen molar-refractivity contribution < 1.29 is 9.53 Å². The monoisotopic (exact) mass is 316 g/mol. The van der Waals surface area contributed by atoms with E-state index in [1.807, 2.05) is 18.2 Å². The fraction of sp³-hybridized carbons (Fsp3) is 0.500. The second-order valence-electron chi connectivity index (χ2n) is 5.23. The van der Waals surface area contributed by atoms with Crippen molar-refractivity contribution >= 4 is 29.9 Å². The summed E-state index contributed by atoms with van der Waals surface area (Å²) in [6.45, 7) is 3.20. The van der Waals surface area contributed by atoms with E-state index in [1.54, 1.807) is 0 Å². The maximum Gasteiger partial charge on any atom is 0.226 e. The van der Waals surface area contributed by atoms with Gasteiger partial charge in [0.2, 0.25) is 5.91 Å². The molecule has 1 amide bonds. The summed E-state index contributed by atoms with van der Waals surface area (Å²) >= 11 is 5.97. The van der Waals surface area contributed by atoms with E-state index in [2.05, 4.69) is 10.6 Å². The first kappa shape index (κ1) is 15.4. The molecule has 2 aliphatic rings. The maximum atomic E-state index is 12.1. The number of nitrogens with one attached hydrogen (secondary N) is 2. The summed E-state index contributed by atoms with van der Waals surface area (Å²) in [6, 6.07) is 5.56. The van der Waals surface area contributed by atoms with E-state index < -0.39 is 0 Å². The Bertz CT molecular complexity index is 492. The Morgan fingerprint density at radius 1 is 1.45 bits per heavy atom. The molecular weight excluding hydrogens is 299 g/mol. The summed E-state index contributed by atoms with van der Waals surface area (Å²) in [5.74, 6) is 1.39. The van der Waals surface area contributed by atoms with Crippen LogP contribution in [0.2, 0.25) is 5.02 Å². The summed E-state index contributed by atoms with van der Waals surface area (Å²) in [5.41, 5.74) is 1.02. The average Bonchev–Trinajstić information content (AvgIpc) is 2.35. The zero-order valence-electron chi connectivity index (χ0n) is 11.0. The van der Waals surface area contributed by atoms with E-state index in [1.165, 1.54) is 0 Å². The van der Waals surface area contributed by atoms with Gasteiger partial charge >= 0.3 is 0 Å². The zero-order chi connectivity index (χ0) is 13.2. The summed E-state index contributed by atoms with van der Waals surface area (Å²) in [5, 5.41) is 6.89. The number of fused-ring (bicyclic) bond motifs is 1. The zero-order valence-corrected chi connectivity index (χ0v) is 12.6. The van der Waals surface area contributed by atoms with Crippen LogP contribution in [-0.2, 0) is 11.2 Å². The number of rotatable bonds is 3. The molecular formula is C14H18Cl2N2O2. The average molecular weight is 317 g/mol. The highest BCUT2D eigenvalue weighted by Crippen LogP contribution is 2.29. The van der Waals surface area contributed by atoms with Gasteiger partial charge in [0.15, 0.2) is 0 Å². The molecule has 1 aromatic rings. The maximum absolute atomic E-state index is 12.1. The van der Waals surface area contributed by atoms with Crippen LogP contribution in [0.3, 0.4) is 0 Å². The summed E-state index contributed by atoms with van der Waals surface area (Å²) in [4.78, 5) is 12.1. The molecule has 0 saturated carbocycles. The molecule has 6 heteroatoms. The molecule has 3 rings (SSSR count). The summed E-state index contributed by atoms with van der Waals surface area (Å²) in [7, 11) is 0. The Labute approximate surface area is 129 Å². The van der Waals surface area contributed by atoms with Crippen LogP contribution in [0.25, 0.3) is 0 Å². The Morgan fingerprint density at radius 3 is 2.95 bits per heavy atom. The quantitative estimate of drug-likeness (QED) is 0.891. The fourth-order valence-electron chi connectivity index (χ4n) is 2.41. The van der Waals surface area contributed by atoms with Gasteiger partial charge in [0.1, 0.15) is 12.4 Å². The lowest BCUT2D eigenvalue weighted by atomic mass is 9.95. The molecule has 1 unspecified atom stereocenters. The first-order chi connectivity index (χ1) is 9.22. The summed E-state index contributed by atoms with van der Waals surface area (Å²) in [6.07, 6.45) is 0.699. The Balaban J connectivity index is 0.00000147. The van der Waals surface area contributed by atoms with Crippen LogP contribution >= 0.6 is 24.0 Å². The van der Waals surface area contributed by atoms with Crippen molar-refractivity contribution in [2.24, 2.45) is 11.8 Å². The van der Waals surface area contributed by atoms with Gasteiger partial charge < -0.3 is 15.4 Å². The standard InChI is InChI=1S/C14H17ClN2O2.ClH/c15-12-1-2-13-10(4-12)3-11(8-19-13)14(18)17-7-9-5-16-6-9;/h1-2,4,9,11,16H,3,5-8H2,(H,17,18);1H. The van der Waals surface area contributed by atoms with E-state index in [4.69, 9.17) is 16.3 Å². The molecule has 0 bridgehead atoms. The van der Waals surface area contributed by atoms with Crippen molar-refractivity contribution in [1.82, 2.24) is 10.6 Å². The highest BCUT2D eigenvalue weighted by atomic mass is 35.5. The highest BCUT2D eigenvalue weighted by Gasteiger charge is 2.27. The second-order valence-corrected chi connectivity index (χ2v) is 5.67. The SMILES string of the molecule is Cl.O=C(NCC1CNC1)C1COc2ccc(Cl)cc2C1. The van der Waals surface area contributed by atoms with Crippen LogP contribution in [0, 0.1) is 11.8 Å². The third-order valence-corrected chi connectivity index (χ3v) is 3.97. The number of halogens is 2. The molecule has 0 aromatic heterocycles. The predicted octanol–water partition coefficient (Wildman–Crippen LogP) is 1.65. The molecule has 0 aliphatic carbocycles. The first-order valence-corrected chi connectivity index (χ1v) is 7.00. The van der Waals surface area contributed by atoms with Crippen LogP contribution in [0.15, 0.2) is 18.2 Å². The molecule has 2 N–H and O–H groups in total. The third kappa shape index (κ3) is 3.37. The van der Waals surface area contributed by atoms with E-state index >= 15 is 0 Å². The predicted molar refractivity (Wildman–Crippen MR) is 80.8 cm³/mol. The Morgan fingerprint density at radius 2 is 2.25 bits per heavy atom. The van der Waals surface area contributed by atoms with Gasteiger partial charge in [-0.2, -0.15) is 0 Å². The van der Waals surface area contributed by atoms with Crippen molar-refractivity contribution in [3.63, 3.8) is 0 Å². The fourth-order valence-corrected chi connectivity index (χ4v) is 2.61. The topological polar surface area (TPSA) is 50.4 Å². The molecule has 110 valence electrons. The van der Waals surface area contributed by atoms with Gasteiger partial charge in [-0.1, -0.05) is 11.6 Å². The molecule has 1 saturated heterocycles. The van der Waals surface area contributed by atoms with Crippen LogP contribution < -0.4 is 15.4 Å². The minimum absolute atomic E-state index is 0. The smallest absolute Gasteiger partial charge is 0.226 e. The van der Waals surface area contributed by atoms with E-state index in [0.29, 0.717) is 24.0 Å². The minimum Gasteiger partial charge on any atom is -0.492 e. The van der Waals surface area contributed by atoms with Crippen molar-refractivity contribution in [3.05, 3.63) is 28.8 Å². The van der Waals surface area contributed by atoms with Gasteiger partial charge in [0.25, 0.3) is 0 Å². The highest BCUT2D eigenvalue weighted by molar-refractivity contribution is 6.30. The lowest BCUT2D eigenvalue weighted by Gasteiger charge is -2.29. The van der Waals surface area contributed by atoms with Crippen molar-refractivity contribution in [2.45, 2.75) is 6.42 Å². The largest absolute Gasteiger partial charge is 0.492 e. The van der Waals surface area contributed by atoms with Crippen molar-refractivity contribution in [3.8, 4) is 5.75 Å². The molecule has 1 atom stereocenters. The number of benzene rings is 1. The number of hydrogen-bond acceptors (Lipinski definition) is 3. The van der Waals surface area contributed by atoms with E-state index in [9.17, 15) is 4.79 Å². The molecule has 1 aromatic carbocycles. The molecule has 0 spiro atoms. The number of carbonyl (C=O) groups excluding carboxylic acids is 1. The molecule has 4 nitrogen and oxygen atoms in total. The van der Waals surface area contributed by atoms with Gasteiger partial charge in [0, 0.05) is 30.6 Å². The van der Waals surface area contributed by atoms with Gasteiger partial charge in [-0.3, -0.25) is 4.79 Å². The van der Waals surface area contributed by atoms with Gasteiger partial charge in [-0.15, -0.1) is 12.4 Å². The van der Waals surface area contributed by atoms with Gasteiger partial charge in [-0.05, 0) is 30.2 Å². The molecule has 20 heavy (non-hydrogen) atoms. The molecule has 0 radical (unpaired) electrons. The van der Waals surface area contributed by atoms with E-state index in [0.717, 1.165) is 30.9 Å². The van der Waals surface area contributed by atoms with Crippen LogP contribution in [0.5, 0.6) is 5.75 Å². The van der Waals surface area contributed by atoms with Crippen molar-refractivity contribution in [1.29, 1.82) is 0 Å². The van der Waals surface area contributed by atoms with Crippen LogP contribution in [-0.4, -0.2) is 32.1 Å². The van der Waals surface area contributed by atoms with Crippen LogP contribution in [0.4, 0.5) is 0 Å². The van der Waals surface area contributed by atoms with Gasteiger partial charge in [0.05, 0.1) is 5.92 Å². The minimum atomic E-state index is -0.112. The number of ether oxygens (including phenoxy) is 1. The normalized spacial score (nSPS) is 20.9. The Kier molecular flexibility index (Phi) is 5.13. The molecule has 2 heterocycles.